The molecule has 1 aliphatic rings. The van der Waals surface area contributed by atoms with E-state index in [1.165, 1.54) is 0 Å². The van der Waals surface area contributed by atoms with Crippen LogP contribution < -0.4 is 5.32 Å². The maximum Gasteiger partial charge on any atom is 0.227 e. The Morgan fingerprint density at radius 3 is 2.74 bits per heavy atom. The smallest absolute Gasteiger partial charge is 0.227 e. The monoisotopic (exact) mass is 318 g/mol. The fourth-order valence-corrected chi connectivity index (χ4v) is 3.44. The summed E-state index contributed by atoms with van der Waals surface area (Å²) >= 11 is 0. The lowest BCUT2D eigenvalue weighted by molar-refractivity contribution is -0.139. The van der Waals surface area contributed by atoms with Crippen LogP contribution >= 0.6 is 0 Å². The van der Waals surface area contributed by atoms with Crippen molar-refractivity contribution in [2.75, 3.05) is 27.3 Å². The Balaban J connectivity index is 2.19. The van der Waals surface area contributed by atoms with Gasteiger partial charge < -0.3 is 15.0 Å². The highest BCUT2D eigenvalue weighted by Crippen LogP contribution is 2.33. The summed E-state index contributed by atoms with van der Waals surface area (Å²) < 4.78 is 5.35. The molecule has 0 spiro atoms. The zero-order valence-corrected chi connectivity index (χ0v) is 14.2. The van der Waals surface area contributed by atoms with Crippen molar-refractivity contribution < 1.29 is 14.3 Å². The SMILES string of the molecule is CNC(=O)C[C@@]1(COC)CCCN1C(=O)Cc1ccccc1C. The normalized spacial score (nSPS) is 20.6. The minimum atomic E-state index is -0.519. The summed E-state index contributed by atoms with van der Waals surface area (Å²) in [5.74, 6) is 0.00962. The van der Waals surface area contributed by atoms with E-state index in [9.17, 15) is 9.59 Å². The highest BCUT2D eigenvalue weighted by Gasteiger charge is 2.44. The summed E-state index contributed by atoms with van der Waals surface area (Å²) in [5, 5.41) is 2.66. The maximum absolute atomic E-state index is 12.9. The number of carbonyl (C=O) groups excluding carboxylic acids is 2. The molecule has 1 aliphatic heterocycles. The minimum Gasteiger partial charge on any atom is -0.382 e. The van der Waals surface area contributed by atoms with E-state index in [1.54, 1.807) is 14.2 Å². The first-order valence-electron chi connectivity index (χ1n) is 8.07. The first-order valence-corrected chi connectivity index (χ1v) is 8.07. The summed E-state index contributed by atoms with van der Waals surface area (Å²) in [6.45, 7) is 3.09. The van der Waals surface area contributed by atoms with Crippen LogP contribution in [0.4, 0.5) is 0 Å². The maximum atomic E-state index is 12.9. The molecule has 1 atom stereocenters. The lowest BCUT2D eigenvalue weighted by Crippen LogP contribution is -2.53. The van der Waals surface area contributed by atoms with Gasteiger partial charge in [0.1, 0.15) is 0 Å². The van der Waals surface area contributed by atoms with E-state index in [1.807, 2.05) is 36.1 Å². The van der Waals surface area contributed by atoms with Crippen LogP contribution in [0.3, 0.4) is 0 Å². The van der Waals surface area contributed by atoms with Crippen molar-refractivity contribution in [3.05, 3.63) is 35.4 Å². The largest absolute Gasteiger partial charge is 0.382 e. The van der Waals surface area contributed by atoms with Crippen molar-refractivity contribution in [1.29, 1.82) is 0 Å². The Kier molecular flexibility index (Phi) is 5.77. The Labute approximate surface area is 138 Å². The number of methoxy groups -OCH3 is 1. The van der Waals surface area contributed by atoms with Crippen LogP contribution in [0.5, 0.6) is 0 Å². The number of benzene rings is 1. The number of nitrogens with zero attached hydrogens (tertiary/aromatic N) is 1. The van der Waals surface area contributed by atoms with Crippen LogP contribution in [-0.4, -0.2) is 49.6 Å². The highest BCUT2D eigenvalue weighted by molar-refractivity contribution is 5.82. The fraction of sp³-hybridized carbons (Fsp3) is 0.556. The van der Waals surface area contributed by atoms with E-state index < -0.39 is 5.54 Å². The molecule has 0 bridgehead atoms. The zero-order valence-electron chi connectivity index (χ0n) is 14.2. The molecular weight excluding hydrogens is 292 g/mol. The van der Waals surface area contributed by atoms with E-state index in [0.29, 0.717) is 19.6 Å². The molecule has 0 saturated carbocycles. The summed E-state index contributed by atoms with van der Waals surface area (Å²) in [6, 6.07) is 7.92. The Morgan fingerprint density at radius 2 is 2.09 bits per heavy atom. The van der Waals surface area contributed by atoms with Crippen molar-refractivity contribution in [3.63, 3.8) is 0 Å². The predicted molar refractivity (Wildman–Crippen MR) is 89.1 cm³/mol. The van der Waals surface area contributed by atoms with Crippen molar-refractivity contribution in [2.24, 2.45) is 0 Å². The first kappa shape index (κ1) is 17.5. The standard InChI is InChI=1S/C18H26N2O3/c1-14-7-4-5-8-15(14)11-17(22)20-10-6-9-18(20,13-23-3)12-16(21)19-2/h4-5,7-8H,6,9-13H2,1-3H3,(H,19,21)/t18-/m1/s1. The molecule has 0 unspecified atom stereocenters. The van der Waals surface area contributed by atoms with Gasteiger partial charge in [-0.3, -0.25) is 9.59 Å². The van der Waals surface area contributed by atoms with Crippen molar-refractivity contribution >= 4 is 11.8 Å². The van der Waals surface area contributed by atoms with Gasteiger partial charge in [0, 0.05) is 20.7 Å². The van der Waals surface area contributed by atoms with Gasteiger partial charge in [-0.25, -0.2) is 0 Å². The van der Waals surface area contributed by atoms with Gasteiger partial charge in [0.15, 0.2) is 0 Å². The molecule has 0 aliphatic carbocycles. The molecular formula is C18H26N2O3. The van der Waals surface area contributed by atoms with Crippen LogP contribution in [-0.2, 0) is 20.7 Å². The van der Waals surface area contributed by atoms with Crippen LogP contribution in [0.15, 0.2) is 24.3 Å². The number of rotatable bonds is 6. The molecule has 1 fully saturated rings. The number of hydrogen-bond acceptors (Lipinski definition) is 3. The molecule has 1 aromatic rings. The average Bonchev–Trinajstić information content (AvgIpc) is 2.93. The van der Waals surface area contributed by atoms with Gasteiger partial charge in [-0.05, 0) is 30.9 Å². The van der Waals surface area contributed by atoms with Crippen LogP contribution in [0.25, 0.3) is 0 Å². The second-order valence-corrected chi connectivity index (χ2v) is 6.26. The molecule has 2 rings (SSSR count). The topological polar surface area (TPSA) is 58.6 Å². The van der Waals surface area contributed by atoms with E-state index >= 15 is 0 Å². The van der Waals surface area contributed by atoms with Crippen LogP contribution in [0, 0.1) is 6.92 Å². The number of carbonyl (C=O) groups is 2. The third-order valence-electron chi connectivity index (χ3n) is 4.68. The van der Waals surface area contributed by atoms with Gasteiger partial charge >= 0.3 is 0 Å². The van der Waals surface area contributed by atoms with Gasteiger partial charge in [0.05, 0.1) is 25.0 Å². The van der Waals surface area contributed by atoms with E-state index in [2.05, 4.69) is 5.32 Å². The molecule has 0 aromatic heterocycles. The summed E-state index contributed by atoms with van der Waals surface area (Å²) in [6.07, 6.45) is 2.36. The predicted octanol–water partition coefficient (Wildman–Crippen LogP) is 1.68. The van der Waals surface area contributed by atoms with Crippen LogP contribution in [0.2, 0.25) is 0 Å². The molecule has 5 nitrogen and oxygen atoms in total. The average molecular weight is 318 g/mol. The van der Waals surface area contributed by atoms with E-state index in [-0.39, 0.29) is 18.2 Å². The van der Waals surface area contributed by atoms with Crippen LogP contribution in [0.1, 0.15) is 30.4 Å². The molecule has 1 saturated heterocycles. The number of likely N-dealkylation sites (tertiary alicyclic amines) is 1. The molecule has 1 heterocycles. The number of nitrogens with one attached hydrogen (secondary N) is 1. The molecule has 1 aromatic carbocycles. The van der Waals surface area contributed by atoms with E-state index in [0.717, 1.165) is 24.0 Å². The van der Waals surface area contributed by atoms with E-state index in [4.69, 9.17) is 4.74 Å². The molecule has 23 heavy (non-hydrogen) atoms. The van der Waals surface area contributed by atoms with Crippen molar-refractivity contribution in [1.82, 2.24) is 10.2 Å². The Morgan fingerprint density at radius 1 is 1.35 bits per heavy atom. The number of amides is 2. The summed E-state index contributed by atoms with van der Waals surface area (Å²) in [4.78, 5) is 26.6. The van der Waals surface area contributed by atoms with Crippen molar-refractivity contribution in [2.45, 2.75) is 38.1 Å². The van der Waals surface area contributed by atoms with Gasteiger partial charge in [0.25, 0.3) is 0 Å². The zero-order chi connectivity index (χ0) is 16.9. The Hall–Kier alpha value is -1.88. The molecule has 1 N–H and O–H groups in total. The Bertz CT molecular complexity index is 573. The third kappa shape index (κ3) is 3.91. The van der Waals surface area contributed by atoms with Gasteiger partial charge in [0.2, 0.25) is 11.8 Å². The first-order chi connectivity index (χ1) is 11.0. The molecule has 126 valence electrons. The third-order valence-corrected chi connectivity index (χ3v) is 4.68. The molecule has 5 heteroatoms. The summed E-state index contributed by atoms with van der Waals surface area (Å²) in [5.41, 5.74) is 1.63. The van der Waals surface area contributed by atoms with Crippen molar-refractivity contribution in [3.8, 4) is 0 Å². The molecule has 2 amide bonds. The number of ether oxygens (including phenoxy) is 1. The van der Waals surface area contributed by atoms with Gasteiger partial charge in [-0.2, -0.15) is 0 Å². The minimum absolute atomic E-state index is 0.0577. The summed E-state index contributed by atoms with van der Waals surface area (Å²) in [7, 11) is 3.24. The fourth-order valence-electron chi connectivity index (χ4n) is 3.44. The lowest BCUT2D eigenvalue weighted by Gasteiger charge is -2.37. The van der Waals surface area contributed by atoms with Gasteiger partial charge in [-0.1, -0.05) is 24.3 Å². The number of hydrogen-bond donors (Lipinski definition) is 1. The second kappa shape index (κ2) is 7.59. The molecule has 0 radical (unpaired) electrons. The number of aryl methyl sites for hydroxylation is 1. The lowest BCUT2D eigenvalue weighted by atomic mass is 9.91. The second-order valence-electron chi connectivity index (χ2n) is 6.26. The van der Waals surface area contributed by atoms with Gasteiger partial charge in [-0.15, -0.1) is 0 Å². The quantitative estimate of drug-likeness (QED) is 0.868. The highest BCUT2D eigenvalue weighted by atomic mass is 16.5.